The summed E-state index contributed by atoms with van der Waals surface area (Å²) in [6.45, 7) is 2.49. The third-order valence-corrected chi connectivity index (χ3v) is 2.79. The number of thioether (sulfide) groups is 1. The zero-order valence-electron chi connectivity index (χ0n) is 7.28. The van der Waals surface area contributed by atoms with Gasteiger partial charge in [0, 0.05) is 12.8 Å². The molecule has 0 atom stereocenters. The van der Waals surface area contributed by atoms with Gasteiger partial charge in [-0.3, -0.25) is 4.79 Å². The molecule has 0 aliphatic carbocycles. The Kier molecular flexibility index (Phi) is 13.9. The van der Waals surface area contributed by atoms with Crippen LogP contribution in [0.5, 0.6) is 0 Å². The molecule has 0 aromatic rings. The number of carbonyl (C=O) groups excluding carboxylic acids is 1. The number of hydroxylamine groups is 2. The molecule has 0 unspecified atom stereocenters. The van der Waals surface area contributed by atoms with Crippen LogP contribution in [0.2, 0.25) is 0 Å². The Hall–Kier alpha value is 0.970. The first-order valence-corrected chi connectivity index (χ1v) is 5.12. The van der Waals surface area contributed by atoms with E-state index < -0.39 is 0 Å². The van der Waals surface area contributed by atoms with Crippen LogP contribution in [0.3, 0.4) is 0 Å². The van der Waals surface area contributed by atoms with Gasteiger partial charge in [0.2, 0.25) is 0 Å². The number of hydrogen-bond acceptors (Lipinski definition) is 4. The van der Waals surface area contributed by atoms with Crippen molar-refractivity contribution in [2.45, 2.75) is 19.8 Å². The molecular weight excluding hydrogens is 234 g/mol. The van der Waals surface area contributed by atoms with Crippen molar-refractivity contribution < 1.29 is 9.63 Å². The summed E-state index contributed by atoms with van der Waals surface area (Å²) >= 11 is 6.48. The number of rotatable bonds is 5. The van der Waals surface area contributed by atoms with Gasteiger partial charge in [-0.15, -0.1) is 0 Å². The molecule has 0 spiro atoms. The molecule has 0 aliphatic rings. The van der Waals surface area contributed by atoms with Gasteiger partial charge in [-0.05, 0) is 18.6 Å². The maximum absolute atomic E-state index is 9.92. The van der Waals surface area contributed by atoms with Crippen LogP contribution in [0.4, 0.5) is 0 Å². The Morgan fingerprint density at radius 1 is 1.69 bits per heavy atom. The quantitative estimate of drug-likeness (QED) is 0.237. The van der Waals surface area contributed by atoms with E-state index in [1.54, 1.807) is 7.05 Å². The summed E-state index contributed by atoms with van der Waals surface area (Å²) in [5, 5.41) is 1.29. The summed E-state index contributed by atoms with van der Waals surface area (Å²) in [6, 6.07) is 0. The first kappa shape index (κ1) is 16.4. The molecule has 0 aliphatic heterocycles. The van der Waals surface area contributed by atoms with E-state index in [-0.39, 0.29) is 37.7 Å². The van der Waals surface area contributed by atoms with E-state index in [2.05, 4.69) is 11.8 Å². The van der Waals surface area contributed by atoms with Crippen LogP contribution in [-0.2, 0) is 9.63 Å². The summed E-state index contributed by atoms with van der Waals surface area (Å²) in [5.41, 5.74) is 0. The molecule has 0 rings (SSSR count). The molecule has 6 heteroatoms. The average Bonchev–Trinajstić information content (AvgIpc) is 2.05. The second-order valence-corrected chi connectivity index (χ2v) is 3.90. The summed E-state index contributed by atoms with van der Waals surface area (Å²) in [4.78, 5) is 14.4. The van der Waals surface area contributed by atoms with Crippen LogP contribution < -0.4 is 0 Å². The van der Waals surface area contributed by atoms with Crippen LogP contribution in [0.25, 0.3) is 0 Å². The third-order valence-electron chi connectivity index (χ3n) is 1.18. The van der Waals surface area contributed by atoms with E-state index in [4.69, 9.17) is 12.2 Å². The van der Waals surface area contributed by atoms with Crippen molar-refractivity contribution in [1.29, 1.82) is 0 Å². The number of hydrogen-bond donors (Lipinski definition) is 0. The zero-order chi connectivity index (χ0) is 9.40. The van der Waals surface area contributed by atoms with E-state index in [1.807, 2.05) is 0 Å². The van der Waals surface area contributed by atoms with Gasteiger partial charge in [0.15, 0.2) is 4.32 Å². The van der Waals surface area contributed by atoms with E-state index in [0.29, 0.717) is 10.8 Å². The topological polar surface area (TPSA) is 29.5 Å². The standard InChI is InChI=1S/C7H13NO2S2.Ca.2H/c1-3-4-5-12-7(11)8(2)10-6-9;;;/h6H,3-5H2,1-2H3;;;. The molecular formula is C7H15CaNO2S2. The Morgan fingerprint density at radius 3 is 2.77 bits per heavy atom. The molecule has 13 heavy (non-hydrogen) atoms. The fraction of sp³-hybridized carbons (Fsp3) is 0.714. The van der Waals surface area contributed by atoms with Gasteiger partial charge >= 0.3 is 44.2 Å². The van der Waals surface area contributed by atoms with Crippen LogP contribution in [-0.4, -0.2) is 66.4 Å². The van der Waals surface area contributed by atoms with Crippen molar-refractivity contribution in [1.82, 2.24) is 5.06 Å². The zero-order valence-corrected chi connectivity index (χ0v) is 8.91. The third kappa shape index (κ3) is 9.28. The second kappa shape index (κ2) is 11.0. The van der Waals surface area contributed by atoms with Gasteiger partial charge in [0.05, 0.1) is 0 Å². The predicted molar refractivity (Wildman–Crippen MR) is 63.4 cm³/mol. The SMILES string of the molecule is CCCCSC(=S)N(C)OC=O.[CaH2]. The summed E-state index contributed by atoms with van der Waals surface area (Å²) in [6.07, 6.45) is 2.27. The molecule has 0 bridgehead atoms. The number of carbonyl (C=O) groups is 1. The minimum absolute atomic E-state index is 0. The molecule has 0 aromatic carbocycles. The van der Waals surface area contributed by atoms with Crippen LogP contribution >= 0.6 is 24.0 Å². The first-order valence-electron chi connectivity index (χ1n) is 3.73. The molecule has 0 N–H and O–H groups in total. The molecule has 0 saturated heterocycles. The van der Waals surface area contributed by atoms with Crippen LogP contribution in [0.1, 0.15) is 19.8 Å². The van der Waals surface area contributed by atoms with Crippen molar-refractivity contribution in [2.24, 2.45) is 0 Å². The monoisotopic (exact) mass is 249 g/mol. The first-order chi connectivity index (χ1) is 5.72. The molecule has 0 saturated carbocycles. The summed E-state index contributed by atoms with van der Waals surface area (Å²) < 4.78 is 0.593. The number of nitrogens with zero attached hydrogens (tertiary/aromatic N) is 1. The molecule has 0 amide bonds. The number of unbranched alkanes of at least 4 members (excludes halogenated alkanes) is 1. The van der Waals surface area contributed by atoms with Gasteiger partial charge in [0.1, 0.15) is 0 Å². The molecule has 3 nitrogen and oxygen atoms in total. The molecule has 0 heterocycles. The van der Waals surface area contributed by atoms with Gasteiger partial charge in [-0.2, -0.15) is 5.06 Å². The Labute approximate surface area is 119 Å². The Balaban J connectivity index is 0. The van der Waals surface area contributed by atoms with Crippen molar-refractivity contribution >= 4 is 72.5 Å². The fourth-order valence-corrected chi connectivity index (χ4v) is 1.63. The minimum atomic E-state index is 0. The van der Waals surface area contributed by atoms with Crippen LogP contribution in [0, 0.1) is 0 Å². The van der Waals surface area contributed by atoms with Gasteiger partial charge in [-0.1, -0.05) is 25.1 Å². The fourth-order valence-electron chi connectivity index (χ4n) is 0.502. The van der Waals surface area contributed by atoms with Crippen molar-refractivity contribution in [3.05, 3.63) is 0 Å². The van der Waals surface area contributed by atoms with Crippen molar-refractivity contribution in [2.75, 3.05) is 12.8 Å². The molecule has 0 fully saturated rings. The molecule has 74 valence electrons. The van der Waals surface area contributed by atoms with E-state index >= 15 is 0 Å². The normalized spacial score (nSPS) is 8.46. The molecule has 0 radical (unpaired) electrons. The summed E-state index contributed by atoms with van der Waals surface area (Å²) in [7, 11) is 1.62. The second-order valence-electron chi connectivity index (χ2n) is 2.17. The van der Waals surface area contributed by atoms with E-state index in [9.17, 15) is 4.79 Å². The van der Waals surface area contributed by atoms with Gasteiger partial charge in [0.25, 0.3) is 0 Å². The average molecular weight is 249 g/mol. The van der Waals surface area contributed by atoms with Crippen molar-refractivity contribution in [3.8, 4) is 0 Å². The van der Waals surface area contributed by atoms with Crippen LogP contribution in [0.15, 0.2) is 0 Å². The van der Waals surface area contributed by atoms with Crippen molar-refractivity contribution in [3.63, 3.8) is 0 Å². The Bertz CT molecular complexity index is 157. The van der Waals surface area contributed by atoms with E-state index in [0.717, 1.165) is 18.6 Å². The summed E-state index contributed by atoms with van der Waals surface area (Å²) in [5.74, 6) is 0.974. The Morgan fingerprint density at radius 2 is 2.31 bits per heavy atom. The predicted octanol–water partition coefficient (Wildman–Crippen LogP) is 0.908. The maximum atomic E-state index is 9.92. The van der Waals surface area contributed by atoms with E-state index in [1.165, 1.54) is 16.8 Å². The van der Waals surface area contributed by atoms with Gasteiger partial charge < -0.3 is 4.84 Å². The molecule has 0 aromatic heterocycles. The number of thiocarbonyl (C=S) groups is 1. The van der Waals surface area contributed by atoms with Gasteiger partial charge in [-0.25, -0.2) is 0 Å².